The van der Waals surface area contributed by atoms with Crippen LogP contribution in [0.15, 0.2) is 18.2 Å². The van der Waals surface area contributed by atoms with Crippen LogP contribution >= 0.6 is 0 Å². The van der Waals surface area contributed by atoms with E-state index in [1.807, 2.05) is 0 Å². The normalized spacial score (nSPS) is 24.5. The standard InChI is InChI=1S/C15H15NO5/c1-21-12-4-2-3-11(12)16-13(17)9-6-5-8(15(19)20)7-10(9)14(16)18/h5-7,11-12H,2-4H2,1H3,(H,19,20). The van der Waals surface area contributed by atoms with Crippen molar-refractivity contribution >= 4 is 17.8 Å². The second-order valence-corrected chi connectivity index (χ2v) is 5.32. The summed E-state index contributed by atoms with van der Waals surface area (Å²) in [5.74, 6) is -1.90. The van der Waals surface area contributed by atoms with Crippen molar-refractivity contribution in [2.24, 2.45) is 0 Å². The second-order valence-electron chi connectivity index (χ2n) is 5.32. The van der Waals surface area contributed by atoms with Crippen LogP contribution in [0.3, 0.4) is 0 Å². The van der Waals surface area contributed by atoms with Crippen LogP contribution in [0.4, 0.5) is 0 Å². The fourth-order valence-corrected chi connectivity index (χ4v) is 3.17. The van der Waals surface area contributed by atoms with Gasteiger partial charge >= 0.3 is 5.97 Å². The van der Waals surface area contributed by atoms with E-state index < -0.39 is 11.9 Å². The summed E-state index contributed by atoms with van der Waals surface area (Å²) in [6.07, 6.45) is 2.29. The van der Waals surface area contributed by atoms with Gasteiger partial charge in [-0.2, -0.15) is 0 Å². The zero-order valence-corrected chi connectivity index (χ0v) is 11.5. The predicted molar refractivity (Wildman–Crippen MR) is 72.3 cm³/mol. The van der Waals surface area contributed by atoms with E-state index in [-0.39, 0.29) is 34.7 Å². The third-order valence-electron chi connectivity index (χ3n) is 4.22. The van der Waals surface area contributed by atoms with Crippen molar-refractivity contribution in [3.05, 3.63) is 34.9 Å². The van der Waals surface area contributed by atoms with Crippen LogP contribution in [0.25, 0.3) is 0 Å². The lowest BCUT2D eigenvalue weighted by Gasteiger charge is -2.26. The molecule has 2 atom stereocenters. The molecule has 6 heteroatoms. The minimum Gasteiger partial charge on any atom is -0.478 e. The molecule has 1 aromatic carbocycles. The number of ether oxygens (including phenoxy) is 1. The van der Waals surface area contributed by atoms with Crippen LogP contribution in [-0.2, 0) is 4.74 Å². The minimum atomic E-state index is -1.12. The molecule has 1 aromatic rings. The Bertz CT molecular complexity index is 639. The van der Waals surface area contributed by atoms with E-state index in [0.29, 0.717) is 0 Å². The minimum absolute atomic E-state index is 0.00598. The molecule has 0 bridgehead atoms. The van der Waals surface area contributed by atoms with E-state index in [1.54, 1.807) is 7.11 Å². The monoisotopic (exact) mass is 289 g/mol. The van der Waals surface area contributed by atoms with Crippen LogP contribution in [0, 0.1) is 0 Å². The number of hydrogen-bond acceptors (Lipinski definition) is 4. The van der Waals surface area contributed by atoms with E-state index in [1.165, 1.54) is 23.1 Å². The van der Waals surface area contributed by atoms with Gasteiger partial charge in [0.15, 0.2) is 0 Å². The summed E-state index contributed by atoms with van der Waals surface area (Å²) in [5.41, 5.74) is 0.444. The lowest BCUT2D eigenvalue weighted by Crippen LogP contribution is -2.44. The molecule has 1 N–H and O–H groups in total. The fourth-order valence-electron chi connectivity index (χ4n) is 3.17. The number of rotatable bonds is 3. The highest BCUT2D eigenvalue weighted by Crippen LogP contribution is 2.33. The van der Waals surface area contributed by atoms with Gasteiger partial charge < -0.3 is 9.84 Å². The van der Waals surface area contributed by atoms with Gasteiger partial charge in [-0.05, 0) is 37.5 Å². The summed E-state index contributed by atoms with van der Waals surface area (Å²) in [6, 6.07) is 3.76. The van der Waals surface area contributed by atoms with Crippen LogP contribution < -0.4 is 0 Å². The van der Waals surface area contributed by atoms with E-state index in [9.17, 15) is 14.4 Å². The molecule has 1 heterocycles. The van der Waals surface area contributed by atoms with E-state index in [4.69, 9.17) is 9.84 Å². The highest BCUT2D eigenvalue weighted by Gasteiger charge is 2.44. The molecule has 0 radical (unpaired) electrons. The van der Waals surface area contributed by atoms with Crippen LogP contribution in [-0.4, -0.2) is 47.0 Å². The predicted octanol–water partition coefficient (Wildman–Crippen LogP) is 1.55. The number of imide groups is 1. The molecule has 1 aliphatic heterocycles. The number of aromatic carboxylic acids is 1. The molecule has 0 spiro atoms. The number of nitrogens with zero attached hydrogens (tertiary/aromatic N) is 1. The Morgan fingerprint density at radius 3 is 2.62 bits per heavy atom. The number of carboxylic acids is 1. The van der Waals surface area contributed by atoms with Crippen LogP contribution in [0.5, 0.6) is 0 Å². The lowest BCUT2D eigenvalue weighted by atomic mass is 10.1. The Kier molecular flexibility index (Phi) is 3.25. The average molecular weight is 289 g/mol. The van der Waals surface area contributed by atoms with Gasteiger partial charge in [0.1, 0.15) is 0 Å². The summed E-state index contributed by atoms with van der Waals surface area (Å²) >= 11 is 0. The maximum absolute atomic E-state index is 12.5. The smallest absolute Gasteiger partial charge is 0.335 e. The summed E-state index contributed by atoms with van der Waals surface area (Å²) in [6.45, 7) is 0. The Hall–Kier alpha value is -2.21. The molecule has 1 aliphatic carbocycles. The van der Waals surface area contributed by atoms with Gasteiger partial charge in [0.05, 0.1) is 28.8 Å². The van der Waals surface area contributed by atoms with Crippen molar-refractivity contribution in [1.29, 1.82) is 0 Å². The first-order valence-electron chi connectivity index (χ1n) is 6.82. The van der Waals surface area contributed by atoms with Gasteiger partial charge in [-0.1, -0.05) is 0 Å². The molecule has 110 valence electrons. The van der Waals surface area contributed by atoms with Crippen LogP contribution in [0.1, 0.15) is 50.3 Å². The zero-order valence-electron chi connectivity index (χ0n) is 11.5. The topological polar surface area (TPSA) is 83.9 Å². The first-order chi connectivity index (χ1) is 10.0. The van der Waals surface area contributed by atoms with Crippen molar-refractivity contribution < 1.29 is 24.2 Å². The number of carboxylic acid groups (broad SMARTS) is 1. The molecule has 6 nitrogen and oxygen atoms in total. The lowest BCUT2D eigenvalue weighted by molar-refractivity contribution is 0.0278. The number of hydrogen-bond donors (Lipinski definition) is 1. The number of amides is 2. The van der Waals surface area contributed by atoms with E-state index in [0.717, 1.165) is 19.3 Å². The largest absolute Gasteiger partial charge is 0.478 e. The Morgan fingerprint density at radius 1 is 1.24 bits per heavy atom. The molecule has 0 saturated heterocycles. The molecule has 2 amide bonds. The van der Waals surface area contributed by atoms with E-state index >= 15 is 0 Å². The van der Waals surface area contributed by atoms with Gasteiger partial charge in [0.2, 0.25) is 0 Å². The quantitative estimate of drug-likeness (QED) is 0.853. The van der Waals surface area contributed by atoms with Crippen molar-refractivity contribution in [3.8, 4) is 0 Å². The van der Waals surface area contributed by atoms with Gasteiger partial charge in [0, 0.05) is 7.11 Å². The molecule has 2 unspecified atom stereocenters. The maximum Gasteiger partial charge on any atom is 0.335 e. The van der Waals surface area contributed by atoms with Crippen molar-refractivity contribution in [2.75, 3.05) is 7.11 Å². The Morgan fingerprint density at radius 2 is 1.95 bits per heavy atom. The van der Waals surface area contributed by atoms with Crippen molar-refractivity contribution in [1.82, 2.24) is 4.90 Å². The third kappa shape index (κ3) is 2.03. The molecule has 1 fully saturated rings. The molecule has 21 heavy (non-hydrogen) atoms. The SMILES string of the molecule is COC1CCCC1N1C(=O)c2ccc(C(=O)O)cc2C1=O. The molecular formula is C15H15NO5. The number of carbonyl (C=O) groups is 3. The summed E-state index contributed by atoms with van der Waals surface area (Å²) in [4.78, 5) is 37.2. The Labute approximate surface area is 121 Å². The fraction of sp³-hybridized carbons (Fsp3) is 0.400. The number of methoxy groups -OCH3 is 1. The number of carbonyl (C=O) groups excluding carboxylic acids is 2. The first-order valence-corrected chi connectivity index (χ1v) is 6.82. The number of fused-ring (bicyclic) bond motifs is 1. The molecule has 1 saturated carbocycles. The number of benzene rings is 1. The van der Waals surface area contributed by atoms with Gasteiger partial charge in [-0.25, -0.2) is 4.79 Å². The van der Waals surface area contributed by atoms with Crippen molar-refractivity contribution in [2.45, 2.75) is 31.4 Å². The third-order valence-corrected chi connectivity index (χ3v) is 4.22. The average Bonchev–Trinajstić information content (AvgIpc) is 3.02. The maximum atomic E-state index is 12.5. The van der Waals surface area contributed by atoms with Crippen LogP contribution in [0.2, 0.25) is 0 Å². The zero-order chi connectivity index (χ0) is 15.1. The summed E-state index contributed by atoms with van der Waals surface area (Å²) in [5, 5.41) is 9.00. The second kappa shape index (κ2) is 4.96. The van der Waals surface area contributed by atoms with E-state index in [2.05, 4.69) is 0 Å². The van der Waals surface area contributed by atoms with Gasteiger partial charge in [-0.3, -0.25) is 14.5 Å². The van der Waals surface area contributed by atoms with Gasteiger partial charge in [0.25, 0.3) is 11.8 Å². The summed E-state index contributed by atoms with van der Waals surface area (Å²) in [7, 11) is 1.57. The molecule has 3 rings (SSSR count). The summed E-state index contributed by atoms with van der Waals surface area (Å²) < 4.78 is 5.35. The Balaban J connectivity index is 1.99. The highest BCUT2D eigenvalue weighted by molar-refractivity contribution is 6.22. The molecule has 0 aromatic heterocycles. The highest BCUT2D eigenvalue weighted by atomic mass is 16.5. The molecular weight excluding hydrogens is 274 g/mol. The van der Waals surface area contributed by atoms with Crippen molar-refractivity contribution in [3.63, 3.8) is 0 Å². The molecule has 2 aliphatic rings. The van der Waals surface area contributed by atoms with Gasteiger partial charge in [-0.15, -0.1) is 0 Å². The first kappa shape index (κ1) is 13.8.